The van der Waals surface area contributed by atoms with Crippen molar-refractivity contribution in [2.45, 2.75) is 6.18 Å². The van der Waals surface area contributed by atoms with Gasteiger partial charge in [0.1, 0.15) is 0 Å². The van der Waals surface area contributed by atoms with Gasteiger partial charge in [0.05, 0.1) is 17.5 Å². The Kier molecular flexibility index (Phi) is 4.40. The lowest BCUT2D eigenvalue weighted by molar-refractivity contribution is -0.137. The van der Waals surface area contributed by atoms with Crippen LogP contribution in [0.15, 0.2) is 47.7 Å². The van der Waals surface area contributed by atoms with Crippen LogP contribution in [0.3, 0.4) is 0 Å². The fraction of sp³-hybridized carbons (Fsp3) is 0.0714. The fourth-order valence-corrected chi connectivity index (χ4v) is 1.68. The number of rotatable bonds is 3. The van der Waals surface area contributed by atoms with E-state index in [1.165, 1.54) is 6.21 Å². The number of primary amides is 1. The zero-order valence-corrected chi connectivity index (χ0v) is 11.1. The van der Waals surface area contributed by atoms with Gasteiger partial charge in [0.2, 0.25) is 0 Å². The quantitative estimate of drug-likeness (QED) is 0.675. The first-order valence-corrected chi connectivity index (χ1v) is 6.08. The van der Waals surface area contributed by atoms with E-state index in [2.05, 4.69) is 10.1 Å². The molecule has 0 aliphatic heterocycles. The molecule has 0 saturated heterocycles. The van der Waals surface area contributed by atoms with E-state index in [0.717, 1.165) is 18.3 Å². The summed E-state index contributed by atoms with van der Waals surface area (Å²) in [5.41, 5.74) is 7.51. The molecule has 0 atom stereocenters. The van der Waals surface area contributed by atoms with Gasteiger partial charge in [0.25, 0.3) is 0 Å². The Hall–Kier alpha value is -2.90. The molecule has 0 aliphatic rings. The van der Waals surface area contributed by atoms with Crippen molar-refractivity contribution in [3.05, 3.63) is 53.7 Å². The minimum absolute atomic E-state index is 0.216. The average molecular weight is 308 g/mol. The zero-order chi connectivity index (χ0) is 16.2. The van der Waals surface area contributed by atoms with Gasteiger partial charge in [0, 0.05) is 11.8 Å². The molecule has 3 N–H and O–H groups in total. The van der Waals surface area contributed by atoms with Crippen molar-refractivity contribution in [3.63, 3.8) is 0 Å². The highest BCUT2D eigenvalue weighted by atomic mass is 19.4. The van der Waals surface area contributed by atoms with Gasteiger partial charge < -0.3 is 5.73 Å². The number of benzene rings is 1. The Bertz CT molecular complexity index is 696. The number of aromatic nitrogens is 1. The minimum atomic E-state index is -4.41. The number of amides is 2. The number of hydrogen-bond acceptors (Lipinski definition) is 3. The maximum Gasteiger partial charge on any atom is 0.416 e. The summed E-state index contributed by atoms with van der Waals surface area (Å²) < 4.78 is 38.0. The largest absolute Gasteiger partial charge is 0.416 e. The number of carbonyl (C=O) groups is 1. The zero-order valence-electron chi connectivity index (χ0n) is 11.1. The maximum absolute atomic E-state index is 12.7. The lowest BCUT2D eigenvalue weighted by Crippen LogP contribution is -2.24. The molecule has 0 fully saturated rings. The smallest absolute Gasteiger partial charge is 0.350 e. The van der Waals surface area contributed by atoms with Gasteiger partial charge in [-0.05, 0) is 17.7 Å². The van der Waals surface area contributed by atoms with E-state index in [1.807, 2.05) is 5.43 Å². The number of hydrazone groups is 1. The number of nitrogens with two attached hydrogens (primary N) is 1. The molecule has 0 spiro atoms. The third-order valence-electron chi connectivity index (χ3n) is 2.68. The normalized spacial score (nSPS) is 11.6. The van der Waals surface area contributed by atoms with Crippen LogP contribution < -0.4 is 11.2 Å². The van der Waals surface area contributed by atoms with Crippen molar-refractivity contribution in [1.82, 2.24) is 10.4 Å². The van der Waals surface area contributed by atoms with Crippen molar-refractivity contribution in [2.75, 3.05) is 0 Å². The molecule has 2 amide bonds. The summed E-state index contributed by atoms with van der Waals surface area (Å²) in [6.07, 6.45) is -1.94. The van der Waals surface area contributed by atoms with Gasteiger partial charge in [-0.15, -0.1) is 0 Å². The number of halogens is 3. The van der Waals surface area contributed by atoms with E-state index in [0.29, 0.717) is 11.1 Å². The summed E-state index contributed by atoms with van der Waals surface area (Å²) in [7, 11) is 0. The molecular formula is C14H11F3N4O. The van der Waals surface area contributed by atoms with Crippen LogP contribution in [0.5, 0.6) is 0 Å². The van der Waals surface area contributed by atoms with Crippen LogP contribution in [0.2, 0.25) is 0 Å². The highest BCUT2D eigenvalue weighted by Crippen LogP contribution is 2.31. The van der Waals surface area contributed by atoms with Crippen molar-refractivity contribution in [3.8, 4) is 11.3 Å². The second-order valence-electron chi connectivity index (χ2n) is 4.28. The van der Waals surface area contributed by atoms with Crippen molar-refractivity contribution >= 4 is 12.2 Å². The number of carbonyl (C=O) groups excluding carboxylic acids is 1. The third-order valence-corrected chi connectivity index (χ3v) is 2.68. The highest BCUT2D eigenvalue weighted by molar-refractivity contribution is 5.82. The maximum atomic E-state index is 12.7. The highest BCUT2D eigenvalue weighted by Gasteiger charge is 2.30. The third kappa shape index (κ3) is 4.05. The number of nitrogens with zero attached hydrogens (tertiary/aromatic N) is 2. The number of hydrogen-bond donors (Lipinski definition) is 2. The van der Waals surface area contributed by atoms with Crippen LogP contribution in [0.1, 0.15) is 11.1 Å². The lowest BCUT2D eigenvalue weighted by atomic mass is 10.1. The Balaban J connectivity index is 2.20. The number of alkyl halides is 3. The van der Waals surface area contributed by atoms with E-state index in [4.69, 9.17) is 5.73 Å². The van der Waals surface area contributed by atoms with Gasteiger partial charge >= 0.3 is 12.2 Å². The second kappa shape index (κ2) is 6.25. The van der Waals surface area contributed by atoms with Crippen LogP contribution in [0.4, 0.5) is 18.0 Å². The van der Waals surface area contributed by atoms with Crippen LogP contribution in [-0.2, 0) is 6.18 Å². The van der Waals surface area contributed by atoms with Crippen molar-refractivity contribution in [2.24, 2.45) is 10.8 Å². The Morgan fingerprint density at radius 2 is 1.91 bits per heavy atom. The molecule has 0 aliphatic carbocycles. The van der Waals surface area contributed by atoms with Gasteiger partial charge in [-0.2, -0.15) is 18.3 Å². The Labute approximate surface area is 123 Å². The molecule has 0 unspecified atom stereocenters. The van der Waals surface area contributed by atoms with Crippen molar-refractivity contribution < 1.29 is 18.0 Å². The summed E-state index contributed by atoms with van der Waals surface area (Å²) in [5.74, 6) is 0. The summed E-state index contributed by atoms with van der Waals surface area (Å²) in [5, 5.41) is 3.58. The van der Waals surface area contributed by atoms with Crippen molar-refractivity contribution in [1.29, 1.82) is 0 Å². The SMILES string of the molecule is NC(=O)NN=Cc1ccc(-c2cc(C(F)(F)F)ccn2)cc1. The number of nitrogens with one attached hydrogen (secondary N) is 1. The van der Waals surface area contributed by atoms with E-state index in [1.54, 1.807) is 24.3 Å². The molecule has 2 aromatic rings. The van der Waals surface area contributed by atoms with Gasteiger partial charge in [-0.1, -0.05) is 24.3 Å². The van der Waals surface area contributed by atoms with Gasteiger partial charge in [-0.3, -0.25) is 4.98 Å². The molecular weight excluding hydrogens is 297 g/mol. The topological polar surface area (TPSA) is 80.4 Å². The van der Waals surface area contributed by atoms with E-state index in [9.17, 15) is 18.0 Å². The van der Waals surface area contributed by atoms with E-state index in [-0.39, 0.29) is 5.69 Å². The van der Waals surface area contributed by atoms with Crippen LogP contribution >= 0.6 is 0 Å². The molecule has 5 nitrogen and oxygen atoms in total. The minimum Gasteiger partial charge on any atom is -0.350 e. The molecule has 0 radical (unpaired) electrons. The first kappa shape index (κ1) is 15.5. The molecule has 2 rings (SSSR count). The van der Waals surface area contributed by atoms with Crippen LogP contribution in [0.25, 0.3) is 11.3 Å². The Morgan fingerprint density at radius 3 is 2.50 bits per heavy atom. The predicted molar refractivity (Wildman–Crippen MR) is 75.0 cm³/mol. The van der Waals surface area contributed by atoms with E-state index < -0.39 is 17.8 Å². The summed E-state index contributed by atoms with van der Waals surface area (Å²) in [6, 6.07) is 7.58. The molecule has 114 valence electrons. The summed E-state index contributed by atoms with van der Waals surface area (Å²) in [6.45, 7) is 0. The van der Waals surface area contributed by atoms with Gasteiger partial charge in [0.15, 0.2) is 0 Å². The summed E-state index contributed by atoms with van der Waals surface area (Å²) >= 11 is 0. The fourth-order valence-electron chi connectivity index (χ4n) is 1.68. The van der Waals surface area contributed by atoms with Crippen LogP contribution in [-0.4, -0.2) is 17.2 Å². The Morgan fingerprint density at radius 1 is 1.23 bits per heavy atom. The monoisotopic (exact) mass is 308 g/mol. The average Bonchev–Trinajstić information content (AvgIpc) is 2.47. The van der Waals surface area contributed by atoms with E-state index >= 15 is 0 Å². The van der Waals surface area contributed by atoms with Crippen LogP contribution in [0, 0.1) is 0 Å². The molecule has 0 bridgehead atoms. The molecule has 0 saturated carbocycles. The molecule has 22 heavy (non-hydrogen) atoms. The molecule has 1 aromatic heterocycles. The second-order valence-corrected chi connectivity index (χ2v) is 4.28. The predicted octanol–water partition coefficient (Wildman–Crippen LogP) is 2.77. The van der Waals surface area contributed by atoms with Gasteiger partial charge in [-0.25, -0.2) is 10.2 Å². The lowest BCUT2D eigenvalue weighted by Gasteiger charge is -2.08. The number of urea groups is 1. The summed E-state index contributed by atoms with van der Waals surface area (Å²) in [4.78, 5) is 14.4. The first-order valence-electron chi connectivity index (χ1n) is 6.08. The molecule has 1 heterocycles. The first-order chi connectivity index (χ1) is 10.4. The number of pyridine rings is 1. The molecule has 8 heteroatoms. The molecule has 1 aromatic carbocycles. The standard InChI is InChI=1S/C14H11F3N4O/c15-14(16,17)11-5-6-19-12(7-11)10-3-1-9(2-4-10)8-20-21-13(18)22/h1-8H,(H3,18,21,22).